The molecule has 0 fully saturated rings. The van der Waals surface area contributed by atoms with Crippen LogP contribution in [0.1, 0.15) is 5.56 Å². The number of anilines is 1. The Morgan fingerprint density at radius 3 is 1.75 bits per heavy atom. The monoisotopic (exact) mass is 275 g/mol. The lowest BCUT2D eigenvalue weighted by Crippen LogP contribution is -1.91. The highest BCUT2D eigenvalue weighted by Crippen LogP contribution is 2.18. The van der Waals surface area contributed by atoms with Gasteiger partial charge in [0.05, 0.1) is 15.9 Å². The van der Waals surface area contributed by atoms with E-state index in [1.165, 1.54) is 23.8 Å². The van der Waals surface area contributed by atoms with Crippen molar-refractivity contribution in [1.29, 1.82) is 0 Å². The van der Waals surface area contributed by atoms with Gasteiger partial charge in [0.2, 0.25) is 0 Å². The Kier molecular flexibility index (Phi) is 5.16. The molecule has 2 N–H and O–H groups in total. The van der Waals surface area contributed by atoms with Crippen molar-refractivity contribution >= 4 is 17.1 Å². The van der Waals surface area contributed by atoms with Gasteiger partial charge in [-0.25, -0.2) is 0 Å². The minimum Gasteiger partial charge on any atom is -0.399 e. The maximum Gasteiger partial charge on any atom is 0.276 e. The summed E-state index contributed by atoms with van der Waals surface area (Å²) in [5.74, 6) is 0. The molecule has 0 aliphatic heterocycles. The van der Waals surface area contributed by atoms with Crippen molar-refractivity contribution in [1.82, 2.24) is 0 Å². The van der Waals surface area contributed by atoms with Crippen LogP contribution in [0.3, 0.4) is 0 Å². The molecular weight excluding hydrogens is 262 g/mol. The fourth-order valence-electron chi connectivity index (χ4n) is 1.39. The number of hydrogen-bond donors (Lipinski definition) is 1. The predicted octanol–water partition coefficient (Wildman–Crippen LogP) is 3.08. The van der Waals surface area contributed by atoms with Gasteiger partial charge < -0.3 is 5.73 Å². The molecule has 0 saturated heterocycles. The highest BCUT2D eigenvalue weighted by molar-refractivity contribution is 5.42. The Morgan fingerprint density at radius 2 is 1.40 bits per heavy atom. The molecule has 0 aliphatic carbocycles. The zero-order chi connectivity index (χ0) is 15.1. The molecule has 2 rings (SSSR count). The summed E-state index contributed by atoms with van der Waals surface area (Å²) >= 11 is 0. The van der Waals surface area contributed by atoms with Crippen LogP contribution >= 0.6 is 0 Å². The third-order valence-corrected chi connectivity index (χ3v) is 2.29. The number of nitrogens with two attached hydrogens (primary N) is 1. The number of nitro groups is 2. The second-order valence-electron chi connectivity index (χ2n) is 3.95. The van der Waals surface area contributed by atoms with Crippen LogP contribution in [0.4, 0.5) is 17.1 Å². The van der Waals surface area contributed by atoms with Crippen molar-refractivity contribution in [3.05, 3.63) is 74.3 Å². The number of benzene rings is 2. The van der Waals surface area contributed by atoms with Gasteiger partial charge in [-0.2, -0.15) is 0 Å². The molecule has 0 unspecified atom stereocenters. The van der Waals surface area contributed by atoms with Crippen molar-refractivity contribution in [2.24, 2.45) is 0 Å². The topological polar surface area (TPSA) is 112 Å². The van der Waals surface area contributed by atoms with Crippen LogP contribution in [0.2, 0.25) is 0 Å². The van der Waals surface area contributed by atoms with Crippen LogP contribution in [0.15, 0.2) is 48.5 Å². The summed E-state index contributed by atoms with van der Waals surface area (Å²) in [7, 11) is 0. The Bertz CT molecular complexity index is 582. The fraction of sp³-hybridized carbons (Fsp3) is 0.0769. The Balaban J connectivity index is 0.000000217. The highest BCUT2D eigenvalue weighted by atomic mass is 16.6. The molecule has 0 saturated carbocycles. The fourth-order valence-corrected chi connectivity index (χ4v) is 1.39. The molecule has 7 heteroatoms. The van der Waals surface area contributed by atoms with Crippen molar-refractivity contribution in [2.75, 3.05) is 5.73 Å². The van der Waals surface area contributed by atoms with Crippen molar-refractivity contribution in [3.8, 4) is 0 Å². The lowest BCUT2D eigenvalue weighted by atomic mass is 10.2. The zero-order valence-electron chi connectivity index (χ0n) is 10.7. The van der Waals surface area contributed by atoms with E-state index in [-0.39, 0.29) is 11.4 Å². The van der Waals surface area contributed by atoms with Crippen LogP contribution in [-0.2, 0) is 0 Å². The van der Waals surface area contributed by atoms with Gasteiger partial charge in [-0.05, 0) is 30.7 Å². The van der Waals surface area contributed by atoms with Crippen molar-refractivity contribution < 1.29 is 9.85 Å². The number of hydrogen-bond acceptors (Lipinski definition) is 5. The molecule has 0 heterocycles. The molecule has 104 valence electrons. The van der Waals surface area contributed by atoms with E-state index in [4.69, 9.17) is 5.73 Å². The van der Waals surface area contributed by atoms with E-state index in [9.17, 15) is 20.2 Å². The van der Waals surface area contributed by atoms with Gasteiger partial charge in [-0.1, -0.05) is 12.1 Å². The number of aryl methyl sites for hydroxylation is 1. The van der Waals surface area contributed by atoms with Gasteiger partial charge in [-0.3, -0.25) is 20.2 Å². The van der Waals surface area contributed by atoms with Gasteiger partial charge in [-0.15, -0.1) is 0 Å². The average Bonchev–Trinajstić information content (AvgIpc) is 2.39. The van der Waals surface area contributed by atoms with E-state index in [2.05, 4.69) is 0 Å². The maximum absolute atomic E-state index is 10.2. The summed E-state index contributed by atoms with van der Waals surface area (Å²) in [6.07, 6.45) is 0. The summed E-state index contributed by atoms with van der Waals surface area (Å²) in [5, 5.41) is 20.3. The largest absolute Gasteiger partial charge is 0.399 e. The first-order chi connectivity index (χ1) is 9.40. The summed E-state index contributed by atoms with van der Waals surface area (Å²) in [6, 6.07) is 12.4. The number of nitrogen functional groups attached to an aromatic ring is 1. The Labute approximate surface area is 115 Å². The molecule has 0 radical (unpaired) electrons. The van der Waals surface area contributed by atoms with Crippen LogP contribution in [0, 0.1) is 27.2 Å². The van der Waals surface area contributed by atoms with Gasteiger partial charge >= 0.3 is 0 Å². The van der Waals surface area contributed by atoms with Crippen LogP contribution in [0.5, 0.6) is 0 Å². The highest BCUT2D eigenvalue weighted by Gasteiger charge is 2.11. The molecule has 0 atom stereocenters. The van der Waals surface area contributed by atoms with Crippen molar-refractivity contribution in [2.45, 2.75) is 6.92 Å². The molecule has 20 heavy (non-hydrogen) atoms. The minimum absolute atomic E-state index is 0.274. The quantitative estimate of drug-likeness (QED) is 0.514. The Hall–Kier alpha value is -2.96. The molecule has 0 aromatic heterocycles. The SMILES string of the molecule is Cc1cccc(N)c1.O=[N+]([O-])c1cccc([N+](=O)[O-])c1. The molecule has 2 aromatic rings. The van der Waals surface area contributed by atoms with Crippen LogP contribution < -0.4 is 5.73 Å². The summed E-state index contributed by atoms with van der Waals surface area (Å²) in [4.78, 5) is 19.0. The van der Waals surface area contributed by atoms with E-state index in [0.717, 1.165) is 11.8 Å². The third-order valence-electron chi connectivity index (χ3n) is 2.29. The van der Waals surface area contributed by atoms with Gasteiger partial charge in [0, 0.05) is 17.8 Å². The summed E-state index contributed by atoms with van der Waals surface area (Å²) in [5.41, 5.74) is 6.96. The second-order valence-corrected chi connectivity index (χ2v) is 3.95. The molecule has 0 bridgehead atoms. The van der Waals surface area contributed by atoms with Gasteiger partial charge in [0.25, 0.3) is 11.4 Å². The van der Waals surface area contributed by atoms with Gasteiger partial charge in [0.1, 0.15) is 0 Å². The number of nitrogens with zero attached hydrogens (tertiary/aromatic N) is 2. The van der Waals surface area contributed by atoms with Crippen molar-refractivity contribution in [3.63, 3.8) is 0 Å². The van der Waals surface area contributed by atoms with E-state index >= 15 is 0 Å². The molecule has 0 amide bonds. The smallest absolute Gasteiger partial charge is 0.276 e. The minimum atomic E-state index is -0.674. The first kappa shape index (κ1) is 15.1. The Morgan fingerprint density at radius 1 is 0.900 bits per heavy atom. The molecular formula is C13H13N3O4. The number of rotatable bonds is 2. The summed E-state index contributed by atoms with van der Waals surface area (Å²) < 4.78 is 0. The molecule has 2 aromatic carbocycles. The normalized spacial score (nSPS) is 9.25. The molecule has 0 spiro atoms. The van der Waals surface area contributed by atoms with E-state index in [0.29, 0.717) is 0 Å². The first-order valence-corrected chi connectivity index (χ1v) is 5.61. The van der Waals surface area contributed by atoms with Gasteiger partial charge in [0.15, 0.2) is 0 Å². The average molecular weight is 275 g/mol. The second kappa shape index (κ2) is 6.83. The predicted molar refractivity (Wildman–Crippen MR) is 75.3 cm³/mol. The standard InChI is InChI=1S/C7H9N.C6H4N2O4/c1-6-3-2-4-7(8)5-6;9-7(10)5-2-1-3-6(4-5)8(11)12/h2-5H,8H2,1H3;1-4H. The molecule has 7 nitrogen and oxygen atoms in total. The number of nitro benzene ring substituents is 2. The lowest BCUT2D eigenvalue weighted by molar-refractivity contribution is -0.394. The maximum atomic E-state index is 10.2. The van der Waals surface area contributed by atoms with E-state index in [1.54, 1.807) is 0 Å². The van der Waals surface area contributed by atoms with E-state index < -0.39 is 9.85 Å². The third kappa shape index (κ3) is 4.73. The lowest BCUT2D eigenvalue weighted by Gasteiger charge is -1.91. The molecule has 0 aliphatic rings. The first-order valence-electron chi connectivity index (χ1n) is 5.61. The van der Waals surface area contributed by atoms with E-state index in [1.807, 2.05) is 31.2 Å². The number of non-ortho nitro benzene ring substituents is 2. The zero-order valence-corrected chi connectivity index (χ0v) is 10.7. The van der Waals surface area contributed by atoms with Crippen LogP contribution in [0.25, 0.3) is 0 Å². The van der Waals surface area contributed by atoms with Crippen LogP contribution in [-0.4, -0.2) is 9.85 Å². The summed E-state index contributed by atoms with van der Waals surface area (Å²) in [6.45, 7) is 2.02.